The summed E-state index contributed by atoms with van der Waals surface area (Å²) in [5.74, 6) is -0.0702. The van der Waals surface area contributed by atoms with E-state index in [1.165, 1.54) is 23.1 Å². The number of carbonyl (C=O) groups excluding carboxylic acids is 1. The lowest BCUT2D eigenvalue weighted by molar-refractivity contribution is -0.116. The van der Waals surface area contributed by atoms with Crippen molar-refractivity contribution in [1.29, 1.82) is 10.5 Å². The number of anilines is 1. The molecule has 30 heavy (non-hydrogen) atoms. The first-order valence-corrected chi connectivity index (χ1v) is 11.3. The third-order valence-corrected chi connectivity index (χ3v) is 7.09. The predicted molar refractivity (Wildman–Crippen MR) is 116 cm³/mol. The summed E-state index contributed by atoms with van der Waals surface area (Å²) in [7, 11) is 0. The van der Waals surface area contributed by atoms with E-state index >= 15 is 0 Å². The molecule has 0 bridgehead atoms. The van der Waals surface area contributed by atoms with Gasteiger partial charge < -0.3 is 5.73 Å². The van der Waals surface area contributed by atoms with Crippen LogP contribution in [0.15, 0.2) is 51.3 Å². The van der Waals surface area contributed by atoms with Gasteiger partial charge in [-0.1, -0.05) is 46.8 Å². The van der Waals surface area contributed by atoms with Crippen molar-refractivity contribution in [2.75, 3.05) is 10.7 Å². The summed E-state index contributed by atoms with van der Waals surface area (Å²) in [6, 6.07) is 11.4. The average molecular weight is 455 g/mol. The number of Topliss-reactive ketones (excluding diaryl/α,β-unsaturated/α-hetero) is 1. The molecule has 0 saturated heterocycles. The molecule has 2 N–H and O–H groups in total. The van der Waals surface area contributed by atoms with Crippen molar-refractivity contribution >= 4 is 45.6 Å². The van der Waals surface area contributed by atoms with Gasteiger partial charge in [-0.05, 0) is 30.5 Å². The maximum absolute atomic E-state index is 13.0. The summed E-state index contributed by atoms with van der Waals surface area (Å²) in [6.45, 7) is 0. The molecule has 2 heterocycles. The smallest absolute Gasteiger partial charge is 0.219 e. The molecule has 1 atom stereocenters. The summed E-state index contributed by atoms with van der Waals surface area (Å²) in [6.07, 6.45) is 1.75. The summed E-state index contributed by atoms with van der Waals surface area (Å²) in [5, 5.41) is 28.1. The molecule has 4 rings (SSSR count). The maximum Gasteiger partial charge on any atom is 0.219 e. The van der Waals surface area contributed by atoms with Crippen LogP contribution in [0.5, 0.6) is 0 Å². The number of halogens is 1. The minimum absolute atomic E-state index is 0.00457. The van der Waals surface area contributed by atoms with E-state index in [2.05, 4.69) is 22.3 Å². The molecule has 2 aliphatic rings. The number of benzene rings is 1. The van der Waals surface area contributed by atoms with E-state index in [0.717, 1.165) is 11.3 Å². The van der Waals surface area contributed by atoms with Gasteiger partial charge in [-0.25, -0.2) is 0 Å². The van der Waals surface area contributed by atoms with Crippen molar-refractivity contribution in [3.05, 3.63) is 57.5 Å². The number of nitrogens with two attached hydrogens (primary N) is 1. The van der Waals surface area contributed by atoms with E-state index in [4.69, 9.17) is 22.6 Å². The fourth-order valence-corrected chi connectivity index (χ4v) is 5.51. The zero-order chi connectivity index (χ0) is 21.3. The maximum atomic E-state index is 13.0. The number of carbonyl (C=O) groups is 1. The van der Waals surface area contributed by atoms with Crippen LogP contribution in [-0.4, -0.2) is 21.7 Å². The second-order valence-corrected chi connectivity index (χ2v) is 9.28. The largest absolute Gasteiger partial charge is 0.384 e. The van der Waals surface area contributed by atoms with Gasteiger partial charge in [0, 0.05) is 22.7 Å². The zero-order valence-corrected chi connectivity index (χ0v) is 18.0. The molecule has 1 aromatic heterocycles. The van der Waals surface area contributed by atoms with Crippen LogP contribution in [0.2, 0.25) is 5.02 Å². The highest BCUT2D eigenvalue weighted by Gasteiger charge is 2.41. The molecule has 0 spiro atoms. The third-order valence-electron chi connectivity index (χ3n) is 4.94. The zero-order valence-electron chi connectivity index (χ0n) is 15.6. The Kier molecular flexibility index (Phi) is 5.78. The summed E-state index contributed by atoms with van der Waals surface area (Å²) in [5.41, 5.74) is 8.84. The summed E-state index contributed by atoms with van der Waals surface area (Å²) < 4.78 is 0.624. The van der Waals surface area contributed by atoms with Gasteiger partial charge in [0.25, 0.3) is 0 Å². The Bertz CT molecular complexity index is 1170. The number of allylic oxidation sites excluding steroid dienone is 3. The molecule has 0 amide bonds. The van der Waals surface area contributed by atoms with Crippen molar-refractivity contribution < 1.29 is 4.79 Å². The lowest BCUT2D eigenvalue weighted by Crippen LogP contribution is -2.38. The fourth-order valence-electron chi connectivity index (χ4n) is 3.77. The van der Waals surface area contributed by atoms with Gasteiger partial charge in [-0.2, -0.15) is 10.5 Å². The molecule has 1 unspecified atom stereocenters. The van der Waals surface area contributed by atoms with Crippen LogP contribution in [0.25, 0.3) is 0 Å². The summed E-state index contributed by atoms with van der Waals surface area (Å²) >= 11 is 8.75. The quantitative estimate of drug-likeness (QED) is 0.685. The van der Waals surface area contributed by atoms with Gasteiger partial charge in [0.2, 0.25) is 5.13 Å². The van der Waals surface area contributed by atoms with Gasteiger partial charge >= 0.3 is 0 Å². The first kappa shape index (κ1) is 20.4. The van der Waals surface area contributed by atoms with Crippen LogP contribution in [0.3, 0.4) is 0 Å². The highest BCUT2D eigenvalue weighted by molar-refractivity contribution is 8.01. The van der Waals surface area contributed by atoms with Crippen LogP contribution in [0.1, 0.15) is 30.7 Å². The Morgan fingerprint density at radius 1 is 1.33 bits per heavy atom. The Balaban J connectivity index is 1.88. The van der Waals surface area contributed by atoms with Crippen molar-refractivity contribution in [3.63, 3.8) is 0 Å². The number of aromatic nitrogens is 2. The van der Waals surface area contributed by atoms with E-state index in [1.54, 1.807) is 23.1 Å². The molecular weight excluding hydrogens is 440 g/mol. The molecule has 1 aliphatic heterocycles. The van der Waals surface area contributed by atoms with E-state index in [1.807, 2.05) is 6.07 Å². The molecule has 1 aliphatic carbocycles. The number of hydrogen-bond donors (Lipinski definition) is 1. The highest BCUT2D eigenvalue weighted by Crippen LogP contribution is 2.47. The highest BCUT2D eigenvalue weighted by atomic mass is 35.5. The predicted octanol–water partition coefficient (Wildman–Crippen LogP) is 4.11. The number of thioether (sulfide) groups is 1. The van der Waals surface area contributed by atoms with Crippen molar-refractivity contribution in [2.24, 2.45) is 5.73 Å². The lowest BCUT2D eigenvalue weighted by atomic mass is 9.76. The molecule has 150 valence electrons. The minimum Gasteiger partial charge on any atom is -0.384 e. The Labute approximate surface area is 186 Å². The number of ketones is 1. The molecule has 0 saturated carbocycles. The standard InChI is InChI=1S/C20H15ClN6OS2/c21-12-4-1-3-11(9-12)16-13(10-23)18(24)27(14-5-2-6-15(28)17(14)16)19-25-26-20(30-19)29-8-7-22/h1,3-4,9,16H,2,5-6,8,24H2. The van der Waals surface area contributed by atoms with Crippen molar-refractivity contribution in [2.45, 2.75) is 29.5 Å². The van der Waals surface area contributed by atoms with Crippen molar-refractivity contribution in [3.8, 4) is 12.1 Å². The molecule has 10 heteroatoms. The third kappa shape index (κ3) is 3.56. The van der Waals surface area contributed by atoms with Crippen LogP contribution in [0.4, 0.5) is 5.13 Å². The van der Waals surface area contributed by atoms with Crippen LogP contribution in [0, 0.1) is 22.7 Å². The molecule has 0 fully saturated rings. The van der Waals surface area contributed by atoms with E-state index in [-0.39, 0.29) is 22.9 Å². The van der Waals surface area contributed by atoms with Crippen LogP contribution < -0.4 is 10.6 Å². The van der Waals surface area contributed by atoms with Gasteiger partial charge in [-0.3, -0.25) is 9.69 Å². The molecule has 7 nitrogen and oxygen atoms in total. The number of nitrogens with zero attached hydrogens (tertiary/aromatic N) is 5. The van der Waals surface area contributed by atoms with Gasteiger partial charge in [0.05, 0.1) is 29.4 Å². The lowest BCUT2D eigenvalue weighted by Gasteiger charge is -2.38. The Hall–Kier alpha value is -2.85. The van der Waals surface area contributed by atoms with Gasteiger partial charge in [-0.15, -0.1) is 10.2 Å². The monoisotopic (exact) mass is 454 g/mol. The fraction of sp³-hybridized carbons (Fsp3) is 0.250. The van der Waals surface area contributed by atoms with Gasteiger partial charge in [0.1, 0.15) is 5.82 Å². The topological polar surface area (TPSA) is 120 Å². The Morgan fingerprint density at radius 3 is 2.90 bits per heavy atom. The SMILES string of the molecule is N#CCSc1nnc(N2C(N)=C(C#N)C(c3cccc(Cl)c3)C3=C2CCCC3=O)s1. The first-order chi connectivity index (χ1) is 14.5. The molecule has 1 aromatic carbocycles. The number of rotatable bonds is 4. The average Bonchev–Trinajstić information content (AvgIpc) is 3.20. The second kappa shape index (κ2) is 8.49. The first-order valence-electron chi connectivity index (χ1n) is 9.10. The molecule has 2 aromatic rings. The molecular formula is C20H15ClN6OS2. The minimum atomic E-state index is -0.562. The second-order valence-electron chi connectivity index (χ2n) is 6.67. The van der Waals surface area contributed by atoms with Crippen LogP contribution in [-0.2, 0) is 4.79 Å². The molecule has 0 radical (unpaired) electrons. The van der Waals surface area contributed by atoms with E-state index in [0.29, 0.717) is 39.3 Å². The normalized spacial score (nSPS) is 18.8. The van der Waals surface area contributed by atoms with E-state index < -0.39 is 5.92 Å². The van der Waals surface area contributed by atoms with E-state index in [9.17, 15) is 10.1 Å². The van der Waals surface area contributed by atoms with Gasteiger partial charge in [0.15, 0.2) is 10.1 Å². The Morgan fingerprint density at radius 2 is 2.17 bits per heavy atom. The number of nitriles is 2. The van der Waals surface area contributed by atoms with Crippen molar-refractivity contribution in [1.82, 2.24) is 10.2 Å². The van der Waals surface area contributed by atoms with Crippen LogP contribution >= 0.6 is 34.7 Å². The summed E-state index contributed by atoms with van der Waals surface area (Å²) in [4.78, 5) is 14.7. The number of hydrogen-bond acceptors (Lipinski definition) is 9.